The van der Waals surface area contributed by atoms with Crippen LogP contribution in [0, 0.1) is 0 Å². The van der Waals surface area contributed by atoms with E-state index in [-0.39, 0.29) is 0 Å². The molecule has 0 saturated heterocycles. The molecule has 0 aromatic rings. The van der Waals surface area contributed by atoms with E-state index in [2.05, 4.69) is 31.3 Å². The molecule has 1 heteroatoms. The lowest BCUT2D eigenvalue weighted by atomic mass is 10.3. The molecule has 0 spiro atoms. The summed E-state index contributed by atoms with van der Waals surface area (Å²) in [6.45, 7) is 7.02. The Balaban J connectivity index is 3.36. The molecule has 0 amide bonds. The van der Waals surface area contributed by atoms with Gasteiger partial charge in [0.25, 0.3) is 0 Å². The third kappa shape index (κ3) is 5.54. The van der Waals surface area contributed by atoms with Gasteiger partial charge in [-0.25, -0.2) is 4.58 Å². The normalized spacial score (nSPS) is 11.6. The summed E-state index contributed by atoms with van der Waals surface area (Å²) in [5, 5.41) is 0. The van der Waals surface area contributed by atoms with E-state index in [1.807, 2.05) is 6.08 Å². The molecule has 10 heavy (non-hydrogen) atoms. The van der Waals surface area contributed by atoms with Crippen molar-refractivity contribution in [3.05, 3.63) is 12.7 Å². The summed E-state index contributed by atoms with van der Waals surface area (Å²) in [7, 11) is 2.12. The first-order valence-corrected chi connectivity index (χ1v) is 3.95. The van der Waals surface area contributed by atoms with Crippen molar-refractivity contribution in [2.75, 3.05) is 13.6 Å². The van der Waals surface area contributed by atoms with Crippen LogP contribution in [-0.2, 0) is 0 Å². The zero-order chi connectivity index (χ0) is 7.82. The molecular formula is C9H18N+. The van der Waals surface area contributed by atoms with Crippen molar-refractivity contribution < 1.29 is 4.58 Å². The van der Waals surface area contributed by atoms with Crippen molar-refractivity contribution in [1.82, 2.24) is 0 Å². The van der Waals surface area contributed by atoms with Gasteiger partial charge < -0.3 is 0 Å². The fourth-order valence-corrected chi connectivity index (χ4v) is 0.857. The van der Waals surface area contributed by atoms with E-state index in [4.69, 9.17) is 0 Å². The Labute approximate surface area is 64.1 Å². The van der Waals surface area contributed by atoms with Crippen LogP contribution in [0.1, 0.15) is 26.2 Å². The first-order valence-electron chi connectivity index (χ1n) is 3.95. The van der Waals surface area contributed by atoms with Crippen molar-refractivity contribution in [2.45, 2.75) is 26.2 Å². The van der Waals surface area contributed by atoms with Crippen molar-refractivity contribution in [1.29, 1.82) is 0 Å². The highest BCUT2D eigenvalue weighted by Gasteiger charge is 1.90. The highest BCUT2D eigenvalue weighted by Crippen LogP contribution is 1.84. The molecule has 0 bridgehead atoms. The van der Waals surface area contributed by atoms with Crippen molar-refractivity contribution in [3.8, 4) is 0 Å². The Morgan fingerprint density at radius 3 is 2.60 bits per heavy atom. The predicted molar refractivity (Wildman–Crippen MR) is 46.8 cm³/mol. The highest BCUT2D eigenvalue weighted by atomic mass is 14.9. The zero-order valence-corrected chi connectivity index (χ0v) is 7.14. The van der Waals surface area contributed by atoms with E-state index >= 15 is 0 Å². The summed E-state index contributed by atoms with van der Waals surface area (Å²) in [4.78, 5) is 0. The predicted octanol–water partition coefficient (Wildman–Crippen LogP) is 2.08. The maximum atomic E-state index is 3.66. The monoisotopic (exact) mass is 140 g/mol. The fourth-order valence-electron chi connectivity index (χ4n) is 0.857. The van der Waals surface area contributed by atoms with Gasteiger partial charge in [-0.3, -0.25) is 0 Å². The van der Waals surface area contributed by atoms with E-state index in [9.17, 15) is 0 Å². The third-order valence-electron chi connectivity index (χ3n) is 1.39. The lowest BCUT2D eigenvalue weighted by Crippen LogP contribution is -2.07. The standard InChI is InChI=1S/C9H18N/c1-4-6-7-9-10(3)8-5-2/h4,9H,1,5-8H2,2-3H3/q+1. The van der Waals surface area contributed by atoms with Crippen molar-refractivity contribution in [2.24, 2.45) is 0 Å². The first kappa shape index (κ1) is 9.41. The second kappa shape index (κ2) is 6.53. The average molecular weight is 140 g/mol. The van der Waals surface area contributed by atoms with Gasteiger partial charge in [-0.05, 0) is 6.42 Å². The molecule has 0 saturated carbocycles. The van der Waals surface area contributed by atoms with Crippen LogP contribution in [0.3, 0.4) is 0 Å². The quantitative estimate of drug-likeness (QED) is 0.238. The number of hydrogen-bond donors (Lipinski definition) is 0. The van der Waals surface area contributed by atoms with Crippen LogP contribution in [0.2, 0.25) is 0 Å². The van der Waals surface area contributed by atoms with Gasteiger partial charge in [-0.1, -0.05) is 13.0 Å². The number of nitrogens with zero attached hydrogens (tertiary/aromatic N) is 1. The Morgan fingerprint density at radius 2 is 2.10 bits per heavy atom. The minimum absolute atomic E-state index is 1.09. The van der Waals surface area contributed by atoms with Crippen molar-refractivity contribution >= 4 is 6.21 Å². The molecule has 0 aliphatic carbocycles. The molecule has 0 aliphatic rings. The summed E-state index contributed by atoms with van der Waals surface area (Å²) in [5.41, 5.74) is 0. The first-order chi connectivity index (χ1) is 4.81. The minimum atomic E-state index is 1.09. The van der Waals surface area contributed by atoms with Crippen molar-refractivity contribution in [3.63, 3.8) is 0 Å². The Hall–Kier alpha value is -0.590. The fraction of sp³-hybridized carbons (Fsp3) is 0.667. The van der Waals surface area contributed by atoms with Crippen LogP contribution in [-0.4, -0.2) is 24.4 Å². The SMILES string of the molecule is C=CCCC=[N+](C)CCC. The van der Waals surface area contributed by atoms with Gasteiger partial charge in [0.15, 0.2) is 0 Å². The molecule has 1 nitrogen and oxygen atoms in total. The number of allylic oxidation sites excluding steroid dienone is 1. The topological polar surface area (TPSA) is 3.01 Å². The molecule has 0 radical (unpaired) electrons. The highest BCUT2D eigenvalue weighted by molar-refractivity contribution is 5.51. The molecule has 0 heterocycles. The maximum Gasteiger partial charge on any atom is 0.142 e. The summed E-state index contributed by atoms with van der Waals surface area (Å²) in [6, 6.07) is 0. The number of unbranched alkanes of at least 4 members (excludes halogenated alkanes) is 1. The Bertz CT molecular complexity index is 114. The Morgan fingerprint density at radius 1 is 1.40 bits per heavy atom. The lowest BCUT2D eigenvalue weighted by Gasteiger charge is -1.91. The van der Waals surface area contributed by atoms with E-state index in [1.165, 1.54) is 6.42 Å². The van der Waals surface area contributed by atoms with E-state index in [1.54, 1.807) is 0 Å². The molecule has 0 aromatic heterocycles. The van der Waals surface area contributed by atoms with Gasteiger partial charge in [-0.15, -0.1) is 6.58 Å². The average Bonchev–Trinajstić information content (AvgIpc) is 1.89. The maximum absolute atomic E-state index is 3.66. The third-order valence-corrected chi connectivity index (χ3v) is 1.39. The molecule has 0 unspecified atom stereocenters. The van der Waals surface area contributed by atoms with Crippen LogP contribution in [0.15, 0.2) is 12.7 Å². The molecule has 0 atom stereocenters. The second-order valence-corrected chi connectivity index (χ2v) is 2.53. The van der Waals surface area contributed by atoms with Gasteiger partial charge in [-0.2, -0.15) is 0 Å². The van der Waals surface area contributed by atoms with Gasteiger partial charge in [0.1, 0.15) is 19.8 Å². The molecule has 0 aliphatic heterocycles. The summed E-state index contributed by atoms with van der Waals surface area (Å²) in [5.74, 6) is 0. The van der Waals surface area contributed by atoms with Gasteiger partial charge >= 0.3 is 0 Å². The minimum Gasteiger partial charge on any atom is -0.242 e. The number of rotatable bonds is 5. The molecule has 0 aromatic carbocycles. The Kier molecular flexibility index (Phi) is 6.14. The van der Waals surface area contributed by atoms with Crippen LogP contribution >= 0.6 is 0 Å². The number of hydrogen-bond acceptors (Lipinski definition) is 0. The second-order valence-electron chi connectivity index (χ2n) is 2.53. The van der Waals surface area contributed by atoms with Gasteiger partial charge in [0, 0.05) is 12.8 Å². The summed E-state index contributed by atoms with van der Waals surface area (Å²) >= 11 is 0. The van der Waals surface area contributed by atoms with Crippen LogP contribution < -0.4 is 0 Å². The van der Waals surface area contributed by atoms with Crippen LogP contribution in [0.5, 0.6) is 0 Å². The molecule has 0 fully saturated rings. The molecular weight excluding hydrogens is 122 g/mol. The van der Waals surface area contributed by atoms with E-state index in [0.717, 1.165) is 19.4 Å². The van der Waals surface area contributed by atoms with E-state index in [0.29, 0.717) is 0 Å². The lowest BCUT2D eigenvalue weighted by molar-refractivity contribution is -0.493. The largest absolute Gasteiger partial charge is 0.242 e. The van der Waals surface area contributed by atoms with Gasteiger partial charge in [0.2, 0.25) is 0 Å². The van der Waals surface area contributed by atoms with Crippen LogP contribution in [0.25, 0.3) is 0 Å². The molecule has 58 valence electrons. The smallest absolute Gasteiger partial charge is 0.142 e. The zero-order valence-electron chi connectivity index (χ0n) is 7.14. The van der Waals surface area contributed by atoms with Gasteiger partial charge in [0.05, 0.1) is 0 Å². The van der Waals surface area contributed by atoms with E-state index < -0.39 is 0 Å². The molecule has 0 rings (SSSR count). The van der Waals surface area contributed by atoms with Crippen LogP contribution in [0.4, 0.5) is 0 Å². The summed E-state index contributed by atoms with van der Waals surface area (Å²) in [6.07, 6.45) is 7.62. The molecule has 0 N–H and O–H groups in total. The summed E-state index contributed by atoms with van der Waals surface area (Å²) < 4.78 is 2.24.